The van der Waals surface area contributed by atoms with Crippen molar-refractivity contribution in [2.24, 2.45) is 0 Å². The number of anilines is 1. The predicted octanol–water partition coefficient (Wildman–Crippen LogP) is 2.19. The van der Waals surface area contributed by atoms with Crippen LogP contribution in [0, 0.1) is 11.3 Å². The van der Waals surface area contributed by atoms with Gasteiger partial charge in [0.25, 0.3) is 0 Å². The predicted molar refractivity (Wildman–Crippen MR) is 94.9 cm³/mol. The van der Waals surface area contributed by atoms with E-state index >= 15 is 0 Å². The van der Waals surface area contributed by atoms with Crippen LogP contribution in [-0.2, 0) is 9.47 Å². The monoisotopic (exact) mass is 360 g/mol. The van der Waals surface area contributed by atoms with Crippen molar-refractivity contribution in [2.75, 3.05) is 31.6 Å². The van der Waals surface area contributed by atoms with Crippen molar-refractivity contribution in [3.8, 4) is 6.07 Å². The van der Waals surface area contributed by atoms with Crippen LogP contribution in [-0.4, -0.2) is 60.3 Å². The Morgan fingerprint density at radius 1 is 1.35 bits per heavy atom. The van der Waals surface area contributed by atoms with Gasteiger partial charge in [0.15, 0.2) is 0 Å². The van der Waals surface area contributed by atoms with Crippen LogP contribution in [0.1, 0.15) is 43.6 Å². The van der Waals surface area contributed by atoms with E-state index in [1.807, 2.05) is 38.7 Å². The zero-order chi connectivity index (χ0) is 19.5. The van der Waals surface area contributed by atoms with E-state index in [0.717, 1.165) is 0 Å². The van der Waals surface area contributed by atoms with E-state index in [0.29, 0.717) is 25.5 Å². The highest BCUT2D eigenvalue weighted by Crippen LogP contribution is 2.24. The van der Waals surface area contributed by atoms with Crippen LogP contribution in [0.5, 0.6) is 0 Å². The van der Waals surface area contributed by atoms with Gasteiger partial charge >= 0.3 is 12.1 Å². The summed E-state index contributed by atoms with van der Waals surface area (Å²) in [7, 11) is 1.29. The Hall–Kier alpha value is -2.82. The third-order valence-electron chi connectivity index (χ3n) is 3.96. The maximum atomic E-state index is 12.3. The summed E-state index contributed by atoms with van der Waals surface area (Å²) in [6.45, 7) is 8.82. The topological polar surface area (TPSA) is 95.8 Å². The minimum atomic E-state index is -0.555. The molecule has 8 nitrogen and oxygen atoms in total. The summed E-state index contributed by atoms with van der Waals surface area (Å²) in [6, 6.07) is 3.32. The van der Waals surface area contributed by atoms with Crippen LogP contribution in [0.25, 0.3) is 0 Å². The molecule has 26 heavy (non-hydrogen) atoms. The molecule has 0 bridgehead atoms. The summed E-state index contributed by atoms with van der Waals surface area (Å²) in [6.07, 6.45) is 1.07. The molecule has 0 unspecified atom stereocenters. The molecule has 1 aliphatic rings. The molecule has 1 aromatic heterocycles. The van der Waals surface area contributed by atoms with Gasteiger partial charge in [0, 0.05) is 31.9 Å². The second-order valence-electron chi connectivity index (χ2n) is 7.17. The zero-order valence-electron chi connectivity index (χ0n) is 15.8. The number of aromatic nitrogens is 1. The average Bonchev–Trinajstić information content (AvgIpc) is 2.58. The first-order valence-electron chi connectivity index (χ1n) is 8.39. The van der Waals surface area contributed by atoms with Crippen molar-refractivity contribution in [1.82, 2.24) is 9.88 Å². The molecule has 1 atom stereocenters. The molecule has 0 aliphatic carbocycles. The number of nitriles is 1. The van der Waals surface area contributed by atoms with Gasteiger partial charge in [0.2, 0.25) is 0 Å². The Bertz CT molecular complexity index is 736. The van der Waals surface area contributed by atoms with Gasteiger partial charge in [0.05, 0.1) is 12.7 Å². The SMILES string of the molecule is COC(=O)c1cc(C#N)cnc1N1CCN(C(=O)OC(C)(C)C)[C@H](C)C1. The van der Waals surface area contributed by atoms with Gasteiger partial charge < -0.3 is 19.3 Å². The molecule has 1 amide bonds. The highest BCUT2D eigenvalue weighted by Gasteiger charge is 2.32. The Kier molecular flexibility index (Phi) is 5.70. The number of methoxy groups -OCH3 is 1. The van der Waals surface area contributed by atoms with Crippen LogP contribution < -0.4 is 4.90 Å². The van der Waals surface area contributed by atoms with Crippen molar-refractivity contribution in [1.29, 1.82) is 5.26 Å². The fourth-order valence-corrected chi connectivity index (χ4v) is 2.77. The minimum Gasteiger partial charge on any atom is -0.465 e. The van der Waals surface area contributed by atoms with Crippen LogP contribution in [0.2, 0.25) is 0 Å². The highest BCUT2D eigenvalue weighted by atomic mass is 16.6. The average molecular weight is 360 g/mol. The number of piperazine rings is 1. The van der Waals surface area contributed by atoms with Gasteiger partial charge in [-0.25, -0.2) is 14.6 Å². The van der Waals surface area contributed by atoms with Crippen LogP contribution in [0.4, 0.5) is 10.6 Å². The number of carbonyl (C=O) groups excluding carboxylic acids is 2. The molecule has 1 fully saturated rings. The number of hydrogen-bond acceptors (Lipinski definition) is 7. The van der Waals surface area contributed by atoms with Gasteiger partial charge in [-0.05, 0) is 33.8 Å². The quantitative estimate of drug-likeness (QED) is 0.746. The van der Waals surface area contributed by atoms with Crippen LogP contribution in [0.3, 0.4) is 0 Å². The standard InChI is InChI=1S/C18H24N4O4/c1-12-11-21(6-7-22(12)17(24)26-18(2,3)4)15-14(16(23)25-5)8-13(9-19)10-20-15/h8,10,12H,6-7,11H2,1-5H3/t12-/m1/s1. The molecule has 1 aromatic rings. The summed E-state index contributed by atoms with van der Waals surface area (Å²) < 4.78 is 10.2. The normalized spacial score (nSPS) is 17.5. The fraction of sp³-hybridized carbons (Fsp3) is 0.556. The molecular weight excluding hydrogens is 336 g/mol. The molecule has 1 saturated heterocycles. The number of hydrogen-bond donors (Lipinski definition) is 0. The first kappa shape index (κ1) is 19.5. The molecule has 0 N–H and O–H groups in total. The van der Waals surface area contributed by atoms with Gasteiger partial charge in [-0.2, -0.15) is 5.26 Å². The lowest BCUT2D eigenvalue weighted by atomic mass is 10.1. The first-order chi connectivity index (χ1) is 12.2. The van der Waals surface area contributed by atoms with Gasteiger partial charge in [-0.3, -0.25) is 0 Å². The van der Waals surface area contributed by atoms with E-state index < -0.39 is 11.6 Å². The van der Waals surface area contributed by atoms with Crippen molar-refractivity contribution < 1.29 is 19.1 Å². The summed E-state index contributed by atoms with van der Waals surface area (Å²) in [5.41, 5.74) is -0.0280. The van der Waals surface area contributed by atoms with Crippen molar-refractivity contribution >= 4 is 17.9 Å². The third-order valence-corrected chi connectivity index (χ3v) is 3.96. The number of pyridine rings is 1. The maximum absolute atomic E-state index is 12.3. The number of rotatable bonds is 2. The van der Waals surface area contributed by atoms with Crippen molar-refractivity contribution in [3.05, 3.63) is 23.4 Å². The van der Waals surface area contributed by atoms with E-state index in [4.69, 9.17) is 14.7 Å². The second kappa shape index (κ2) is 7.60. The van der Waals surface area contributed by atoms with Gasteiger partial charge in [-0.1, -0.05) is 0 Å². The molecule has 0 radical (unpaired) electrons. The molecule has 2 heterocycles. The van der Waals surface area contributed by atoms with E-state index in [1.54, 1.807) is 4.90 Å². The summed E-state index contributed by atoms with van der Waals surface area (Å²) in [4.78, 5) is 32.3. The van der Waals surface area contributed by atoms with Gasteiger partial charge in [-0.15, -0.1) is 0 Å². The molecule has 0 spiro atoms. The Morgan fingerprint density at radius 2 is 2.04 bits per heavy atom. The van der Waals surface area contributed by atoms with Crippen molar-refractivity contribution in [2.45, 2.75) is 39.3 Å². The summed E-state index contributed by atoms with van der Waals surface area (Å²) >= 11 is 0. The number of carbonyl (C=O) groups is 2. The maximum Gasteiger partial charge on any atom is 0.410 e. The van der Waals surface area contributed by atoms with Crippen LogP contribution >= 0.6 is 0 Å². The van der Waals surface area contributed by atoms with Crippen LogP contribution in [0.15, 0.2) is 12.3 Å². The van der Waals surface area contributed by atoms with Crippen molar-refractivity contribution in [3.63, 3.8) is 0 Å². The molecule has 8 heteroatoms. The molecular formula is C18H24N4O4. The second-order valence-corrected chi connectivity index (χ2v) is 7.17. The Balaban J connectivity index is 2.20. The number of ether oxygens (including phenoxy) is 2. The zero-order valence-corrected chi connectivity index (χ0v) is 15.8. The molecule has 0 saturated carbocycles. The number of amides is 1. The minimum absolute atomic E-state index is 0.124. The van der Waals surface area contributed by atoms with E-state index in [2.05, 4.69) is 4.98 Å². The smallest absolute Gasteiger partial charge is 0.410 e. The summed E-state index contributed by atoms with van der Waals surface area (Å²) in [5.74, 6) is -0.0987. The third kappa shape index (κ3) is 4.42. The lowest BCUT2D eigenvalue weighted by Gasteiger charge is -2.41. The Morgan fingerprint density at radius 3 is 2.58 bits per heavy atom. The molecule has 0 aromatic carbocycles. The fourth-order valence-electron chi connectivity index (χ4n) is 2.77. The molecule has 2 rings (SSSR count). The van der Waals surface area contributed by atoms with E-state index in [9.17, 15) is 9.59 Å². The first-order valence-corrected chi connectivity index (χ1v) is 8.39. The van der Waals surface area contributed by atoms with E-state index in [1.165, 1.54) is 19.4 Å². The largest absolute Gasteiger partial charge is 0.465 e. The Labute approximate surface area is 153 Å². The van der Waals surface area contributed by atoms with E-state index in [-0.39, 0.29) is 23.3 Å². The number of nitrogens with zero attached hydrogens (tertiary/aromatic N) is 4. The van der Waals surface area contributed by atoms with Gasteiger partial charge in [0.1, 0.15) is 23.1 Å². The highest BCUT2D eigenvalue weighted by molar-refractivity contribution is 5.95. The lowest BCUT2D eigenvalue weighted by molar-refractivity contribution is 0.0158. The molecule has 1 aliphatic heterocycles. The number of esters is 1. The summed E-state index contributed by atoms with van der Waals surface area (Å²) in [5, 5.41) is 9.03. The molecule has 140 valence electrons. The lowest BCUT2D eigenvalue weighted by Crippen LogP contribution is -2.55.